The van der Waals surface area contributed by atoms with Crippen LogP contribution >= 0.6 is 11.6 Å². The number of amides is 1. The van der Waals surface area contributed by atoms with E-state index in [9.17, 15) is 9.18 Å². The maximum absolute atomic E-state index is 13.2. The van der Waals surface area contributed by atoms with Gasteiger partial charge in [0.15, 0.2) is 5.82 Å². The molecule has 23 heavy (non-hydrogen) atoms. The van der Waals surface area contributed by atoms with E-state index in [1.165, 1.54) is 24.5 Å². The van der Waals surface area contributed by atoms with E-state index in [1.54, 1.807) is 36.4 Å². The number of hydrogen-bond acceptors (Lipinski definition) is 3. The molecule has 0 aliphatic rings. The van der Waals surface area contributed by atoms with Gasteiger partial charge in [0.2, 0.25) is 0 Å². The largest absolute Gasteiger partial charge is 0.322 e. The summed E-state index contributed by atoms with van der Waals surface area (Å²) in [5.41, 5.74) is 1.42. The Hall–Kier alpha value is -2.79. The first-order valence-corrected chi connectivity index (χ1v) is 7.14. The van der Waals surface area contributed by atoms with Gasteiger partial charge >= 0.3 is 0 Å². The van der Waals surface area contributed by atoms with Crippen LogP contribution in [0.4, 0.5) is 10.1 Å². The van der Waals surface area contributed by atoms with Crippen LogP contribution in [0, 0.1) is 5.82 Å². The van der Waals surface area contributed by atoms with Crippen molar-refractivity contribution in [1.29, 1.82) is 0 Å². The smallest absolute Gasteiger partial charge is 0.258 e. The molecule has 2 aromatic carbocycles. The van der Waals surface area contributed by atoms with Crippen LogP contribution in [0.2, 0.25) is 5.02 Å². The lowest BCUT2D eigenvalue weighted by Crippen LogP contribution is -2.12. The van der Waals surface area contributed by atoms with Gasteiger partial charge in [-0.15, -0.1) is 0 Å². The number of carbonyl (C=O) groups excluding carboxylic acids is 1. The number of anilines is 1. The van der Waals surface area contributed by atoms with E-state index in [2.05, 4.69) is 15.3 Å². The van der Waals surface area contributed by atoms with Crippen LogP contribution in [0.1, 0.15) is 10.4 Å². The molecule has 1 heterocycles. The third kappa shape index (κ3) is 3.70. The summed E-state index contributed by atoms with van der Waals surface area (Å²) < 4.78 is 13.2. The SMILES string of the molecule is O=C(Nc1cccc(Cl)c1)c1cnc(-c2cccc(F)c2)nc1. The van der Waals surface area contributed by atoms with Gasteiger partial charge in [-0.25, -0.2) is 14.4 Å². The molecule has 6 heteroatoms. The number of carbonyl (C=O) groups is 1. The van der Waals surface area contributed by atoms with E-state index in [4.69, 9.17) is 11.6 Å². The molecule has 114 valence electrons. The van der Waals surface area contributed by atoms with Crippen LogP contribution < -0.4 is 5.32 Å². The predicted octanol–water partition coefficient (Wildman–Crippen LogP) is 4.19. The predicted molar refractivity (Wildman–Crippen MR) is 86.8 cm³/mol. The molecule has 0 atom stereocenters. The second kappa shape index (κ2) is 6.54. The van der Waals surface area contributed by atoms with Crippen molar-refractivity contribution in [2.45, 2.75) is 0 Å². The van der Waals surface area contributed by atoms with Gasteiger partial charge in [-0.1, -0.05) is 29.8 Å². The van der Waals surface area contributed by atoms with Gasteiger partial charge in [-0.05, 0) is 30.3 Å². The maximum Gasteiger partial charge on any atom is 0.258 e. The molecule has 3 aromatic rings. The first-order valence-electron chi connectivity index (χ1n) is 6.77. The van der Waals surface area contributed by atoms with Gasteiger partial charge in [-0.3, -0.25) is 4.79 Å². The molecular weight excluding hydrogens is 317 g/mol. The highest BCUT2D eigenvalue weighted by atomic mass is 35.5. The summed E-state index contributed by atoms with van der Waals surface area (Å²) in [6, 6.07) is 12.8. The Kier molecular flexibility index (Phi) is 4.30. The molecule has 0 spiro atoms. The standard InChI is InChI=1S/C17H11ClFN3O/c18-13-4-2-6-15(8-13)22-17(23)12-9-20-16(21-10-12)11-3-1-5-14(19)7-11/h1-10H,(H,22,23). The summed E-state index contributed by atoms with van der Waals surface area (Å²) in [6.45, 7) is 0. The highest BCUT2D eigenvalue weighted by molar-refractivity contribution is 6.30. The average Bonchev–Trinajstić information content (AvgIpc) is 2.55. The molecule has 0 aliphatic carbocycles. The Morgan fingerprint density at radius 3 is 2.48 bits per heavy atom. The minimum absolute atomic E-state index is 0.296. The molecule has 4 nitrogen and oxygen atoms in total. The fourth-order valence-corrected chi connectivity index (χ4v) is 2.18. The quantitative estimate of drug-likeness (QED) is 0.784. The number of rotatable bonds is 3. The van der Waals surface area contributed by atoms with Gasteiger partial charge in [0.1, 0.15) is 5.82 Å². The molecule has 0 aliphatic heterocycles. The van der Waals surface area contributed by atoms with Crippen LogP contribution in [0.3, 0.4) is 0 Å². The van der Waals surface area contributed by atoms with Crippen LogP contribution in [0.25, 0.3) is 11.4 Å². The zero-order chi connectivity index (χ0) is 16.2. The zero-order valence-corrected chi connectivity index (χ0v) is 12.6. The van der Waals surface area contributed by atoms with Crippen molar-refractivity contribution in [2.24, 2.45) is 0 Å². The topological polar surface area (TPSA) is 54.9 Å². The van der Waals surface area contributed by atoms with Gasteiger partial charge in [0.05, 0.1) is 5.56 Å². The molecule has 1 amide bonds. The van der Waals surface area contributed by atoms with E-state index in [1.807, 2.05) is 0 Å². The Bertz CT molecular complexity index is 852. The summed E-state index contributed by atoms with van der Waals surface area (Å²) in [4.78, 5) is 20.3. The van der Waals surface area contributed by atoms with Gasteiger partial charge < -0.3 is 5.32 Å². The monoisotopic (exact) mass is 327 g/mol. The Labute approximate surface area is 137 Å². The first-order chi connectivity index (χ1) is 11.1. The van der Waals surface area contributed by atoms with Gasteiger partial charge in [-0.2, -0.15) is 0 Å². The zero-order valence-electron chi connectivity index (χ0n) is 11.8. The lowest BCUT2D eigenvalue weighted by atomic mass is 10.2. The third-order valence-corrected chi connectivity index (χ3v) is 3.31. The van der Waals surface area contributed by atoms with Crippen molar-refractivity contribution in [3.8, 4) is 11.4 Å². The summed E-state index contributed by atoms with van der Waals surface area (Å²) in [5, 5.41) is 3.23. The molecule has 3 rings (SSSR count). The molecule has 0 radical (unpaired) electrons. The molecule has 1 aromatic heterocycles. The fourth-order valence-electron chi connectivity index (χ4n) is 1.99. The molecule has 1 N–H and O–H groups in total. The highest BCUT2D eigenvalue weighted by Crippen LogP contribution is 2.17. The number of aromatic nitrogens is 2. The lowest BCUT2D eigenvalue weighted by molar-refractivity contribution is 0.102. The molecule has 0 fully saturated rings. The van der Waals surface area contributed by atoms with Crippen molar-refractivity contribution >= 4 is 23.2 Å². The second-order valence-electron chi connectivity index (χ2n) is 4.77. The summed E-state index contributed by atoms with van der Waals surface area (Å²) in [6.07, 6.45) is 2.79. The van der Waals surface area contributed by atoms with Crippen molar-refractivity contribution in [2.75, 3.05) is 5.32 Å². The fraction of sp³-hybridized carbons (Fsp3) is 0. The Balaban J connectivity index is 1.78. The Morgan fingerprint density at radius 1 is 1.04 bits per heavy atom. The molecule has 0 unspecified atom stereocenters. The van der Waals surface area contributed by atoms with Gasteiger partial charge in [0, 0.05) is 28.7 Å². The molecule has 0 saturated carbocycles. The van der Waals surface area contributed by atoms with Crippen LogP contribution in [0.5, 0.6) is 0 Å². The van der Waals surface area contributed by atoms with Crippen LogP contribution in [-0.4, -0.2) is 15.9 Å². The number of hydrogen-bond donors (Lipinski definition) is 1. The molecular formula is C17H11ClFN3O. The Morgan fingerprint density at radius 2 is 1.78 bits per heavy atom. The van der Waals surface area contributed by atoms with E-state index >= 15 is 0 Å². The number of nitrogens with zero attached hydrogens (tertiary/aromatic N) is 2. The summed E-state index contributed by atoms with van der Waals surface area (Å²) in [5.74, 6) is -0.365. The number of nitrogens with one attached hydrogen (secondary N) is 1. The number of halogens is 2. The van der Waals surface area contributed by atoms with Crippen molar-refractivity contribution in [1.82, 2.24) is 9.97 Å². The normalized spacial score (nSPS) is 10.3. The minimum atomic E-state index is -0.367. The lowest BCUT2D eigenvalue weighted by Gasteiger charge is -2.06. The van der Waals surface area contributed by atoms with Crippen molar-refractivity contribution < 1.29 is 9.18 Å². The van der Waals surface area contributed by atoms with Gasteiger partial charge in [0.25, 0.3) is 5.91 Å². The number of benzene rings is 2. The van der Waals surface area contributed by atoms with Crippen LogP contribution in [0.15, 0.2) is 60.9 Å². The van der Waals surface area contributed by atoms with E-state index < -0.39 is 0 Å². The van der Waals surface area contributed by atoms with E-state index in [-0.39, 0.29) is 11.7 Å². The highest BCUT2D eigenvalue weighted by Gasteiger charge is 2.09. The summed E-state index contributed by atoms with van der Waals surface area (Å²) >= 11 is 5.87. The average molecular weight is 328 g/mol. The maximum atomic E-state index is 13.2. The minimum Gasteiger partial charge on any atom is -0.322 e. The van der Waals surface area contributed by atoms with Crippen LogP contribution in [-0.2, 0) is 0 Å². The molecule has 0 saturated heterocycles. The van der Waals surface area contributed by atoms with Crippen molar-refractivity contribution in [3.05, 3.63) is 77.3 Å². The second-order valence-corrected chi connectivity index (χ2v) is 5.21. The van der Waals surface area contributed by atoms with Crippen molar-refractivity contribution in [3.63, 3.8) is 0 Å². The molecule has 0 bridgehead atoms. The summed E-state index contributed by atoms with van der Waals surface area (Å²) in [7, 11) is 0. The first kappa shape index (κ1) is 15.1. The van der Waals surface area contributed by atoms with E-state index in [0.29, 0.717) is 27.7 Å². The van der Waals surface area contributed by atoms with E-state index in [0.717, 1.165) is 0 Å². The third-order valence-electron chi connectivity index (χ3n) is 3.08.